The second-order valence-corrected chi connectivity index (χ2v) is 6.12. The van der Waals surface area contributed by atoms with E-state index in [-0.39, 0.29) is 17.4 Å². The van der Waals surface area contributed by atoms with Crippen molar-refractivity contribution in [3.8, 4) is 5.75 Å². The van der Waals surface area contributed by atoms with Crippen molar-refractivity contribution in [2.45, 2.75) is 26.1 Å². The lowest BCUT2D eigenvalue weighted by Gasteiger charge is -2.18. The van der Waals surface area contributed by atoms with Crippen molar-refractivity contribution in [3.05, 3.63) is 58.6 Å². The van der Waals surface area contributed by atoms with Gasteiger partial charge in [0.05, 0.1) is 23.4 Å². The lowest BCUT2D eigenvalue weighted by molar-refractivity contribution is -0.137. The lowest BCUT2D eigenvalue weighted by Crippen LogP contribution is -2.31. The summed E-state index contributed by atoms with van der Waals surface area (Å²) in [5.41, 5.74) is -1.17. The Labute approximate surface area is 164 Å². The van der Waals surface area contributed by atoms with Gasteiger partial charge >= 0.3 is 12.1 Å². The number of halogens is 4. The summed E-state index contributed by atoms with van der Waals surface area (Å²) in [7, 11) is 0. The van der Waals surface area contributed by atoms with E-state index < -0.39 is 35.4 Å². The van der Waals surface area contributed by atoms with Crippen molar-refractivity contribution < 1.29 is 32.2 Å². The number of benzene rings is 2. The monoisotopic (exact) mass is 415 g/mol. The minimum absolute atomic E-state index is 0.101. The Bertz CT molecular complexity index is 853. The fourth-order valence-corrected chi connectivity index (χ4v) is 2.41. The van der Waals surface area contributed by atoms with Crippen molar-refractivity contribution in [1.82, 2.24) is 0 Å². The molecule has 0 spiro atoms. The number of amides is 1. The van der Waals surface area contributed by atoms with E-state index in [4.69, 9.17) is 21.1 Å². The van der Waals surface area contributed by atoms with Crippen molar-refractivity contribution in [1.29, 1.82) is 0 Å². The van der Waals surface area contributed by atoms with E-state index in [1.54, 1.807) is 6.92 Å². The van der Waals surface area contributed by atoms with Crippen molar-refractivity contribution in [3.63, 3.8) is 0 Å². The molecule has 0 aliphatic carbocycles. The van der Waals surface area contributed by atoms with Crippen molar-refractivity contribution in [2.75, 3.05) is 11.9 Å². The number of ether oxygens (including phenoxy) is 2. The van der Waals surface area contributed by atoms with Crippen LogP contribution in [0.5, 0.6) is 5.75 Å². The average molecular weight is 416 g/mol. The summed E-state index contributed by atoms with van der Waals surface area (Å²) in [5.74, 6) is -1.01. The molecule has 0 aliphatic heterocycles. The Kier molecular flexibility index (Phi) is 6.90. The highest BCUT2D eigenvalue weighted by Gasteiger charge is 2.34. The highest BCUT2D eigenvalue weighted by Crippen LogP contribution is 2.36. The van der Waals surface area contributed by atoms with Gasteiger partial charge in [-0.2, -0.15) is 13.2 Å². The van der Waals surface area contributed by atoms with Gasteiger partial charge in [-0.3, -0.25) is 4.79 Å². The average Bonchev–Trinajstić information content (AvgIpc) is 2.63. The predicted octanol–water partition coefficient (Wildman–Crippen LogP) is 4.94. The normalized spacial score (nSPS) is 12.2. The Balaban J connectivity index is 2.07. The zero-order valence-electron chi connectivity index (χ0n) is 15.0. The molecule has 1 amide bonds. The van der Waals surface area contributed by atoms with Crippen LogP contribution in [0.4, 0.5) is 18.9 Å². The molecule has 150 valence electrons. The van der Waals surface area contributed by atoms with E-state index in [2.05, 4.69) is 5.32 Å². The molecule has 0 saturated heterocycles. The number of hydrogen-bond donors (Lipinski definition) is 1. The van der Waals surface area contributed by atoms with Crippen LogP contribution in [0.1, 0.15) is 29.8 Å². The van der Waals surface area contributed by atoms with E-state index in [0.29, 0.717) is 5.56 Å². The van der Waals surface area contributed by atoms with Crippen molar-refractivity contribution >= 4 is 29.2 Å². The van der Waals surface area contributed by atoms with Gasteiger partial charge in [0.2, 0.25) is 0 Å². The molecule has 0 heterocycles. The minimum atomic E-state index is -4.68. The molecular formula is C19H17ClF3NO4. The molecule has 9 heteroatoms. The number of anilines is 1. The fraction of sp³-hybridized carbons (Fsp3) is 0.263. The standard InChI is InChI=1S/C19H17ClF3NO4/c1-3-27-18(26)12-4-7-14(8-5-12)28-11(2)17(25)24-16-9-6-13(20)10-15(16)19(21,22)23/h4-11H,3H2,1-2H3,(H,24,25). The third-order valence-corrected chi connectivity index (χ3v) is 3.83. The predicted molar refractivity (Wildman–Crippen MR) is 97.6 cm³/mol. The van der Waals surface area contributed by atoms with Gasteiger partial charge in [-0.1, -0.05) is 11.6 Å². The summed E-state index contributed by atoms with van der Waals surface area (Å²) in [6.45, 7) is 3.30. The van der Waals surface area contributed by atoms with Crippen LogP contribution in [0, 0.1) is 0 Å². The summed E-state index contributed by atoms with van der Waals surface area (Å²) >= 11 is 5.61. The van der Waals surface area contributed by atoms with Gasteiger partial charge in [0, 0.05) is 5.02 Å². The molecule has 0 aromatic heterocycles. The Hall–Kier alpha value is -2.74. The van der Waals surface area contributed by atoms with Crippen LogP contribution in [-0.2, 0) is 15.7 Å². The SMILES string of the molecule is CCOC(=O)c1ccc(OC(C)C(=O)Nc2ccc(Cl)cc2C(F)(F)F)cc1. The number of hydrogen-bond acceptors (Lipinski definition) is 4. The number of carbonyl (C=O) groups is 2. The third kappa shape index (κ3) is 5.63. The van der Waals surface area contributed by atoms with Gasteiger partial charge in [0.15, 0.2) is 6.10 Å². The fourth-order valence-electron chi connectivity index (χ4n) is 2.24. The van der Waals surface area contributed by atoms with Gasteiger partial charge < -0.3 is 14.8 Å². The molecule has 0 fully saturated rings. The number of nitrogens with one attached hydrogen (secondary N) is 1. The molecule has 1 unspecified atom stereocenters. The summed E-state index contributed by atoms with van der Waals surface area (Å²) in [6.07, 6.45) is -5.77. The quantitative estimate of drug-likeness (QED) is 0.678. The Morgan fingerprint density at radius 2 is 1.79 bits per heavy atom. The van der Waals surface area contributed by atoms with E-state index in [1.165, 1.54) is 37.3 Å². The lowest BCUT2D eigenvalue weighted by atomic mass is 10.1. The molecular weight excluding hydrogens is 399 g/mol. The minimum Gasteiger partial charge on any atom is -0.481 e. The van der Waals surface area contributed by atoms with E-state index >= 15 is 0 Å². The molecule has 0 radical (unpaired) electrons. The highest BCUT2D eigenvalue weighted by molar-refractivity contribution is 6.30. The maximum absolute atomic E-state index is 13.1. The molecule has 2 rings (SSSR count). The van der Waals surface area contributed by atoms with Gasteiger partial charge in [0.1, 0.15) is 5.75 Å². The van der Waals surface area contributed by atoms with Gasteiger partial charge in [-0.25, -0.2) is 4.79 Å². The molecule has 2 aromatic rings. The van der Waals surface area contributed by atoms with Crippen LogP contribution in [0.3, 0.4) is 0 Å². The highest BCUT2D eigenvalue weighted by atomic mass is 35.5. The zero-order valence-corrected chi connectivity index (χ0v) is 15.7. The molecule has 5 nitrogen and oxygen atoms in total. The second kappa shape index (κ2) is 8.97. The topological polar surface area (TPSA) is 64.6 Å². The third-order valence-electron chi connectivity index (χ3n) is 3.59. The zero-order chi connectivity index (χ0) is 20.9. The number of carbonyl (C=O) groups excluding carboxylic acids is 2. The molecule has 0 aliphatic rings. The van der Waals surface area contributed by atoms with E-state index in [0.717, 1.165) is 12.1 Å². The van der Waals surface area contributed by atoms with Gasteiger partial charge in [-0.05, 0) is 56.3 Å². The van der Waals surface area contributed by atoms with Crippen LogP contribution in [0.2, 0.25) is 5.02 Å². The summed E-state index contributed by atoms with van der Waals surface area (Å²) in [6, 6.07) is 8.88. The maximum atomic E-state index is 13.1. The first-order valence-corrected chi connectivity index (χ1v) is 8.61. The van der Waals surface area contributed by atoms with E-state index in [9.17, 15) is 22.8 Å². The summed E-state index contributed by atoms with van der Waals surface area (Å²) in [5, 5.41) is 2.09. The first-order chi connectivity index (χ1) is 13.1. The Morgan fingerprint density at radius 1 is 1.14 bits per heavy atom. The number of esters is 1. The molecule has 2 aromatic carbocycles. The summed E-state index contributed by atoms with van der Waals surface area (Å²) in [4.78, 5) is 23.8. The second-order valence-electron chi connectivity index (χ2n) is 5.68. The van der Waals surface area contributed by atoms with Crippen molar-refractivity contribution in [2.24, 2.45) is 0 Å². The van der Waals surface area contributed by atoms with Crippen LogP contribution in [-0.4, -0.2) is 24.6 Å². The number of alkyl halides is 3. The number of rotatable bonds is 6. The maximum Gasteiger partial charge on any atom is 0.418 e. The Morgan fingerprint density at radius 3 is 2.36 bits per heavy atom. The molecule has 1 atom stereocenters. The van der Waals surface area contributed by atoms with Crippen LogP contribution in [0.25, 0.3) is 0 Å². The van der Waals surface area contributed by atoms with Crippen LogP contribution >= 0.6 is 11.6 Å². The molecule has 0 bridgehead atoms. The van der Waals surface area contributed by atoms with Crippen LogP contribution in [0.15, 0.2) is 42.5 Å². The largest absolute Gasteiger partial charge is 0.481 e. The molecule has 1 N–H and O–H groups in total. The first kappa shape index (κ1) is 21.6. The van der Waals surface area contributed by atoms with Crippen LogP contribution < -0.4 is 10.1 Å². The first-order valence-electron chi connectivity index (χ1n) is 8.23. The van der Waals surface area contributed by atoms with E-state index in [1.807, 2.05) is 0 Å². The smallest absolute Gasteiger partial charge is 0.418 e. The van der Waals surface area contributed by atoms with Gasteiger partial charge in [0.25, 0.3) is 5.91 Å². The summed E-state index contributed by atoms with van der Waals surface area (Å²) < 4.78 is 49.6. The molecule has 28 heavy (non-hydrogen) atoms. The van der Waals surface area contributed by atoms with Gasteiger partial charge in [-0.15, -0.1) is 0 Å². The molecule has 0 saturated carbocycles.